The minimum absolute atomic E-state index is 0.105. The molecular formula is C18H19F2N3O7S2. The fraction of sp³-hybridized carbons (Fsp3) is 0. The van der Waals surface area contributed by atoms with Gasteiger partial charge in [0.25, 0.3) is 0 Å². The molecule has 0 unspecified atom stereocenters. The third-order valence-corrected chi connectivity index (χ3v) is 3.83. The zero-order chi connectivity index (χ0) is 24.4. The third kappa shape index (κ3) is 12.7. The van der Waals surface area contributed by atoms with E-state index in [1.807, 2.05) is 0 Å². The topological polar surface area (TPSA) is 185 Å². The quantitative estimate of drug-likeness (QED) is 0.240. The van der Waals surface area contributed by atoms with E-state index in [1.54, 1.807) is 24.3 Å². The second-order valence-corrected chi connectivity index (χ2v) is 7.59. The molecule has 0 atom stereocenters. The van der Waals surface area contributed by atoms with E-state index in [1.165, 1.54) is 48.5 Å². The highest BCUT2D eigenvalue weighted by Gasteiger charge is 2.09. The van der Waals surface area contributed by atoms with Crippen LogP contribution in [-0.4, -0.2) is 21.9 Å². The second kappa shape index (κ2) is 11.6. The van der Waals surface area contributed by atoms with Gasteiger partial charge in [-0.1, -0.05) is 7.77 Å². The Hall–Kier alpha value is -3.78. The first kappa shape index (κ1) is 26.3. The number of anilines is 3. The zero-order valence-corrected chi connectivity index (χ0v) is 17.8. The number of aromatic hydroxyl groups is 1. The number of phenolic OH excluding ortho intramolecular Hbond substituents is 1. The SMILES string of the molecule is Nc1ccc(O)cc1.Nc1ccc(OS(=O)(=O)F)cc1.Nc1ccc(OS(=O)(=O)F)cc1. The highest BCUT2D eigenvalue weighted by molar-refractivity contribution is 7.82. The second-order valence-electron chi connectivity index (χ2n) is 5.68. The molecule has 174 valence electrons. The van der Waals surface area contributed by atoms with E-state index in [9.17, 15) is 24.6 Å². The van der Waals surface area contributed by atoms with Crippen LogP contribution in [0.25, 0.3) is 0 Å². The molecule has 0 aliphatic carbocycles. The number of halogens is 2. The predicted molar refractivity (Wildman–Crippen MR) is 116 cm³/mol. The molecule has 0 amide bonds. The molecular weight excluding hydrogens is 472 g/mol. The Morgan fingerprint density at radius 1 is 0.562 bits per heavy atom. The number of benzene rings is 3. The summed E-state index contributed by atoms with van der Waals surface area (Å²) in [5.41, 5.74) is 17.5. The van der Waals surface area contributed by atoms with Crippen LogP contribution in [0.3, 0.4) is 0 Å². The average molecular weight is 491 g/mol. The summed E-state index contributed by atoms with van der Waals surface area (Å²) in [6.07, 6.45) is 0. The van der Waals surface area contributed by atoms with Gasteiger partial charge in [-0.3, -0.25) is 0 Å². The maximum absolute atomic E-state index is 11.9. The van der Waals surface area contributed by atoms with E-state index in [2.05, 4.69) is 8.37 Å². The molecule has 3 rings (SSSR count). The fourth-order valence-electron chi connectivity index (χ4n) is 1.75. The van der Waals surface area contributed by atoms with Crippen molar-refractivity contribution >= 4 is 38.1 Å². The first-order valence-corrected chi connectivity index (χ1v) is 10.9. The highest BCUT2D eigenvalue weighted by Crippen LogP contribution is 2.16. The molecule has 0 saturated carbocycles. The van der Waals surface area contributed by atoms with Gasteiger partial charge in [0.1, 0.15) is 17.2 Å². The first-order valence-electron chi connectivity index (χ1n) is 8.27. The van der Waals surface area contributed by atoms with Gasteiger partial charge in [-0.2, -0.15) is 16.8 Å². The number of hydrogen-bond acceptors (Lipinski definition) is 10. The van der Waals surface area contributed by atoms with E-state index < -0.39 is 21.0 Å². The van der Waals surface area contributed by atoms with Crippen LogP contribution in [0.2, 0.25) is 0 Å². The summed E-state index contributed by atoms with van der Waals surface area (Å²) in [7, 11) is -9.86. The monoisotopic (exact) mass is 491 g/mol. The molecule has 0 spiro atoms. The van der Waals surface area contributed by atoms with Gasteiger partial charge in [0.05, 0.1) is 0 Å². The van der Waals surface area contributed by atoms with Crippen molar-refractivity contribution in [2.75, 3.05) is 17.2 Å². The summed E-state index contributed by atoms with van der Waals surface area (Å²) in [4.78, 5) is 0. The maximum Gasteiger partial charge on any atom is 0.488 e. The molecule has 14 heteroatoms. The summed E-state index contributed by atoms with van der Waals surface area (Å²) in [5, 5.41) is 8.70. The predicted octanol–water partition coefficient (Wildman–Crippen LogP) is 2.70. The van der Waals surface area contributed by atoms with Crippen molar-refractivity contribution in [1.82, 2.24) is 0 Å². The van der Waals surface area contributed by atoms with Crippen LogP contribution < -0.4 is 25.6 Å². The van der Waals surface area contributed by atoms with Crippen molar-refractivity contribution in [1.29, 1.82) is 0 Å². The van der Waals surface area contributed by atoms with Gasteiger partial charge in [-0.05, 0) is 72.8 Å². The van der Waals surface area contributed by atoms with Crippen molar-refractivity contribution in [2.45, 2.75) is 0 Å². The minimum Gasteiger partial charge on any atom is -0.508 e. The van der Waals surface area contributed by atoms with Gasteiger partial charge in [-0.25, -0.2) is 0 Å². The van der Waals surface area contributed by atoms with Crippen LogP contribution in [0.5, 0.6) is 17.2 Å². The summed E-state index contributed by atoms with van der Waals surface area (Å²) in [6.45, 7) is 0. The minimum atomic E-state index is -4.93. The molecule has 0 fully saturated rings. The van der Waals surface area contributed by atoms with Gasteiger partial charge in [0.2, 0.25) is 0 Å². The molecule has 0 radical (unpaired) electrons. The Kier molecular flexibility index (Phi) is 9.49. The molecule has 0 heterocycles. The summed E-state index contributed by atoms with van der Waals surface area (Å²) in [5.74, 6) is 0.0394. The Morgan fingerprint density at radius 3 is 1.03 bits per heavy atom. The lowest BCUT2D eigenvalue weighted by atomic mass is 10.3. The molecule has 0 aliphatic heterocycles. The Labute approximate surface area is 183 Å². The van der Waals surface area contributed by atoms with Gasteiger partial charge in [-0.15, -0.1) is 0 Å². The lowest BCUT2D eigenvalue weighted by Crippen LogP contribution is -2.00. The number of phenols is 1. The summed E-state index contributed by atoms with van der Waals surface area (Å²) >= 11 is 0. The molecule has 0 saturated heterocycles. The average Bonchev–Trinajstić information content (AvgIpc) is 2.67. The number of nitrogens with two attached hydrogens (primary N) is 3. The Morgan fingerprint density at radius 2 is 0.812 bits per heavy atom. The lowest BCUT2D eigenvalue weighted by molar-refractivity contribution is 0.438. The zero-order valence-electron chi connectivity index (χ0n) is 16.1. The largest absolute Gasteiger partial charge is 0.508 e. The Balaban J connectivity index is 0.000000245. The van der Waals surface area contributed by atoms with Crippen LogP contribution in [0.4, 0.5) is 24.8 Å². The van der Waals surface area contributed by atoms with Crippen molar-refractivity contribution < 1.29 is 38.1 Å². The molecule has 32 heavy (non-hydrogen) atoms. The molecule has 3 aromatic carbocycles. The highest BCUT2D eigenvalue weighted by atomic mass is 32.3. The fourth-order valence-corrected chi connectivity index (χ4v) is 2.43. The molecule has 3 aromatic rings. The number of nitrogen functional groups attached to an aromatic ring is 3. The smallest absolute Gasteiger partial charge is 0.488 e. The van der Waals surface area contributed by atoms with Gasteiger partial charge in [0, 0.05) is 17.1 Å². The first-order chi connectivity index (χ1) is 14.7. The molecule has 0 aliphatic rings. The molecule has 0 aromatic heterocycles. The summed E-state index contributed by atoms with van der Waals surface area (Å²) in [6, 6.07) is 17.0. The van der Waals surface area contributed by atoms with E-state index in [0.717, 1.165) is 0 Å². The number of hydrogen-bond donors (Lipinski definition) is 4. The van der Waals surface area contributed by atoms with Crippen LogP contribution >= 0.6 is 0 Å². The van der Waals surface area contributed by atoms with Crippen LogP contribution in [0.15, 0.2) is 72.8 Å². The Bertz CT molecular complexity index is 1090. The van der Waals surface area contributed by atoms with Crippen molar-refractivity contribution in [3.05, 3.63) is 72.8 Å². The van der Waals surface area contributed by atoms with Gasteiger partial charge < -0.3 is 30.7 Å². The maximum atomic E-state index is 11.9. The lowest BCUT2D eigenvalue weighted by Gasteiger charge is -1.98. The van der Waals surface area contributed by atoms with E-state index in [-0.39, 0.29) is 17.2 Å². The van der Waals surface area contributed by atoms with Gasteiger partial charge in [0.15, 0.2) is 0 Å². The van der Waals surface area contributed by atoms with Crippen LogP contribution in [-0.2, 0) is 21.0 Å². The van der Waals surface area contributed by atoms with Crippen molar-refractivity contribution in [3.8, 4) is 17.2 Å². The third-order valence-electron chi connectivity index (χ3n) is 3.04. The molecule has 0 bridgehead atoms. The van der Waals surface area contributed by atoms with Crippen molar-refractivity contribution in [3.63, 3.8) is 0 Å². The van der Waals surface area contributed by atoms with Crippen LogP contribution in [0.1, 0.15) is 0 Å². The van der Waals surface area contributed by atoms with E-state index in [0.29, 0.717) is 17.1 Å². The normalized spacial score (nSPS) is 10.6. The van der Waals surface area contributed by atoms with Crippen molar-refractivity contribution in [2.24, 2.45) is 0 Å². The summed E-state index contributed by atoms with van der Waals surface area (Å²) < 4.78 is 71.5. The standard InChI is InChI=1S/2C6H6FNO3S.C6H7NO/c2*7-12(9,10)11-6-3-1-5(8)2-4-6;7-5-1-3-6(8)4-2-5/h2*1-4H,8H2;1-4,8H,7H2. The van der Waals surface area contributed by atoms with Gasteiger partial charge >= 0.3 is 21.0 Å². The van der Waals surface area contributed by atoms with E-state index in [4.69, 9.17) is 22.3 Å². The molecule has 10 nitrogen and oxygen atoms in total. The van der Waals surface area contributed by atoms with E-state index >= 15 is 0 Å². The molecule has 7 N–H and O–H groups in total. The number of rotatable bonds is 4. The van der Waals surface area contributed by atoms with Crippen LogP contribution in [0, 0.1) is 0 Å².